The fourth-order valence-corrected chi connectivity index (χ4v) is 7.13. The third-order valence-electron chi connectivity index (χ3n) is 8.72. The Kier molecular flexibility index (Phi) is 4.53. The summed E-state index contributed by atoms with van der Waals surface area (Å²) in [5.41, 5.74) is 13.3. The summed E-state index contributed by atoms with van der Waals surface area (Å²) < 4.78 is 6.70. The molecule has 0 amide bonds. The smallest absolute Gasteiger partial charge is 0.247 e. The second-order valence-corrected chi connectivity index (χ2v) is 10.8. The number of furan rings is 1. The Morgan fingerprint density at radius 3 is 2.12 bits per heavy atom. The molecule has 9 rings (SSSR count). The van der Waals surface area contributed by atoms with Crippen LogP contribution in [0.25, 0.3) is 21.9 Å². The van der Waals surface area contributed by atoms with Crippen molar-refractivity contribution in [2.45, 2.75) is 12.8 Å². The number of hydrogen-bond donors (Lipinski definition) is 0. The summed E-state index contributed by atoms with van der Waals surface area (Å²) in [6.07, 6.45) is 6.76. The topological polar surface area (TPSA) is 19.6 Å². The Morgan fingerprint density at radius 2 is 1.32 bits per heavy atom. The molecule has 0 radical (unpaired) electrons. The van der Waals surface area contributed by atoms with E-state index in [9.17, 15) is 0 Å². The molecule has 3 nitrogen and oxygen atoms in total. The third kappa shape index (κ3) is 2.91. The molecule has 1 aromatic heterocycles. The van der Waals surface area contributed by atoms with E-state index in [0.717, 1.165) is 46.2 Å². The van der Waals surface area contributed by atoms with Crippen LogP contribution < -0.4 is 20.7 Å². The molecule has 0 fully saturated rings. The molecule has 3 heterocycles. The SMILES string of the molecule is C1=CC2=C(CC1)B1c3ccc4c(oc5ccccc54)c3N(c3ccccc3)c3cccc(c31)N2c1ccccc1. The number of hydrogen-bond acceptors (Lipinski definition) is 3. The molecule has 0 saturated carbocycles. The van der Waals surface area contributed by atoms with E-state index in [1.807, 2.05) is 0 Å². The van der Waals surface area contributed by atoms with E-state index in [1.165, 1.54) is 39.2 Å². The maximum absolute atomic E-state index is 6.70. The van der Waals surface area contributed by atoms with Crippen LogP contribution in [-0.2, 0) is 0 Å². The van der Waals surface area contributed by atoms with Gasteiger partial charge in [0.25, 0.3) is 0 Å². The third-order valence-corrected chi connectivity index (χ3v) is 8.72. The number of para-hydroxylation sites is 3. The molecule has 0 atom stereocenters. The van der Waals surface area contributed by atoms with Crippen molar-refractivity contribution in [1.29, 1.82) is 0 Å². The molecule has 1 aliphatic carbocycles. The van der Waals surface area contributed by atoms with Crippen molar-refractivity contribution in [3.8, 4) is 0 Å². The van der Waals surface area contributed by atoms with Gasteiger partial charge in [0.2, 0.25) is 6.71 Å². The van der Waals surface area contributed by atoms with E-state index in [-0.39, 0.29) is 6.71 Å². The summed E-state index contributed by atoms with van der Waals surface area (Å²) >= 11 is 0. The van der Waals surface area contributed by atoms with Crippen LogP contribution in [0.15, 0.2) is 143 Å². The van der Waals surface area contributed by atoms with Crippen molar-refractivity contribution in [2.24, 2.45) is 0 Å². The van der Waals surface area contributed by atoms with Gasteiger partial charge in [-0.2, -0.15) is 0 Å². The molecule has 0 bridgehead atoms. The lowest BCUT2D eigenvalue weighted by atomic mass is 9.32. The molecular weight excluding hydrogens is 487 g/mol. The van der Waals surface area contributed by atoms with Crippen LogP contribution in [0.5, 0.6) is 0 Å². The van der Waals surface area contributed by atoms with Crippen molar-refractivity contribution in [3.05, 3.63) is 139 Å². The zero-order chi connectivity index (χ0) is 26.2. The second kappa shape index (κ2) is 8.27. The Hall–Kier alpha value is -4.96. The number of rotatable bonds is 2. The van der Waals surface area contributed by atoms with Crippen molar-refractivity contribution in [1.82, 2.24) is 0 Å². The summed E-state index contributed by atoms with van der Waals surface area (Å²) in [4.78, 5) is 4.90. The molecule has 0 spiro atoms. The molecule has 6 aromatic rings. The van der Waals surface area contributed by atoms with Gasteiger partial charge in [0, 0.05) is 39.2 Å². The van der Waals surface area contributed by atoms with Crippen LogP contribution in [0.1, 0.15) is 12.8 Å². The van der Waals surface area contributed by atoms with Crippen LogP contribution in [0.4, 0.5) is 28.4 Å². The Balaban J connectivity index is 1.42. The molecule has 40 heavy (non-hydrogen) atoms. The van der Waals surface area contributed by atoms with Crippen LogP contribution in [0.2, 0.25) is 0 Å². The second-order valence-electron chi connectivity index (χ2n) is 10.8. The van der Waals surface area contributed by atoms with Crippen LogP contribution >= 0.6 is 0 Å². The van der Waals surface area contributed by atoms with Crippen LogP contribution in [0.3, 0.4) is 0 Å². The quantitative estimate of drug-likeness (QED) is 0.218. The first kappa shape index (κ1) is 21.9. The lowest BCUT2D eigenvalue weighted by molar-refractivity contribution is 0.669. The van der Waals surface area contributed by atoms with E-state index in [0.29, 0.717) is 0 Å². The average molecular weight is 512 g/mol. The predicted octanol–water partition coefficient (Wildman–Crippen LogP) is 8.27. The summed E-state index contributed by atoms with van der Waals surface area (Å²) in [6, 6.07) is 41.4. The van der Waals surface area contributed by atoms with Crippen molar-refractivity contribution >= 4 is 68.0 Å². The minimum atomic E-state index is 0.165. The van der Waals surface area contributed by atoms with Gasteiger partial charge in [-0.15, -0.1) is 0 Å². The highest BCUT2D eigenvalue weighted by Crippen LogP contribution is 2.48. The summed E-state index contributed by atoms with van der Waals surface area (Å²) in [6.45, 7) is 0.165. The highest BCUT2D eigenvalue weighted by atomic mass is 16.3. The minimum Gasteiger partial charge on any atom is -0.454 e. The first-order valence-electron chi connectivity index (χ1n) is 14.1. The largest absolute Gasteiger partial charge is 0.454 e. The molecular formula is C36H25BN2O. The average Bonchev–Trinajstić information content (AvgIpc) is 3.41. The fraction of sp³-hybridized carbons (Fsp3) is 0.0556. The number of anilines is 5. The first-order valence-corrected chi connectivity index (χ1v) is 14.1. The van der Waals surface area contributed by atoms with Gasteiger partial charge in [-0.05, 0) is 72.3 Å². The maximum Gasteiger partial charge on any atom is 0.247 e. The van der Waals surface area contributed by atoms with Crippen LogP contribution in [0, 0.1) is 0 Å². The van der Waals surface area contributed by atoms with E-state index < -0.39 is 0 Å². The highest BCUT2D eigenvalue weighted by molar-refractivity contribution is 6.95. The molecule has 188 valence electrons. The maximum atomic E-state index is 6.70. The number of fused-ring (bicyclic) bond motifs is 7. The molecule has 3 aliphatic rings. The summed E-state index contributed by atoms with van der Waals surface area (Å²) in [5, 5.41) is 2.32. The van der Waals surface area contributed by atoms with Crippen molar-refractivity contribution in [3.63, 3.8) is 0 Å². The Morgan fingerprint density at radius 1 is 0.625 bits per heavy atom. The summed E-state index contributed by atoms with van der Waals surface area (Å²) in [5.74, 6) is 0. The lowest BCUT2D eigenvalue weighted by Crippen LogP contribution is -2.56. The molecule has 0 N–H and O–H groups in total. The minimum absolute atomic E-state index is 0.165. The van der Waals surface area contributed by atoms with E-state index >= 15 is 0 Å². The zero-order valence-corrected chi connectivity index (χ0v) is 21.9. The predicted molar refractivity (Wildman–Crippen MR) is 167 cm³/mol. The molecule has 0 saturated heterocycles. The van der Waals surface area contributed by atoms with E-state index in [4.69, 9.17) is 4.42 Å². The normalized spacial score (nSPS) is 15.4. The van der Waals surface area contributed by atoms with Gasteiger partial charge in [-0.25, -0.2) is 0 Å². The van der Waals surface area contributed by atoms with E-state index in [1.54, 1.807) is 0 Å². The number of benzene rings is 5. The lowest BCUT2D eigenvalue weighted by Gasteiger charge is -2.45. The highest BCUT2D eigenvalue weighted by Gasteiger charge is 2.45. The van der Waals surface area contributed by atoms with Gasteiger partial charge >= 0.3 is 0 Å². The van der Waals surface area contributed by atoms with Gasteiger partial charge < -0.3 is 14.2 Å². The fourth-order valence-electron chi connectivity index (χ4n) is 7.13. The van der Waals surface area contributed by atoms with Gasteiger partial charge in [0.05, 0.1) is 5.69 Å². The zero-order valence-electron chi connectivity index (χ0n) is 21.9. The number of allylic oxidation sites excluding steroid dienone is 3. The standard InChI is InChI=1S/C36H25BN2O/c1-3-12-24(13-4-1)38-30-18-9-8-17-28(30)37-29-23-22-27-26-16-7-10-21-33(26)40-36(27)35(29)39(25-14-5-2-6-15-25)32-20-11-19-31(38)34(32)37/h1-7,9-16,18-23H,8,17H2. The molecule has 0 unspecified atom stereocenters. The van der Waals surface area contributed by atoms with Crippen molar-refractivity contribution in [2.75, 3.05) is 9.80 Å². The van der Waals surface area contributed by atoms with E-state index in [2.05, 4.69) is 137 Å². The van der Waals surface area contributed by atoms with Gasteiger partial charge in [0.15, 0.2) is 5.58 Å². The van der Waals surface area contributed by atoms with Gasteiger partial charge in [-0.3, -0.25) is 0 Å². The summed E-state index contributed by atoms with van der Waals surface area (Å²) in [7, 11) is 0. The molecule has 4 heteroatoms. The molecule has 5 aromatic carbocycles. The molecule has 2 aliphatic heterocycles. The monoisotopic (exact) mass is 512 g/mol. The first-order chi connectivity index (χ1) is 19.9. The van der Waals surface area contributed by atoms with Crippen molar-refractivity contribution < 1.29 is 4.42 Å². The van der Waals surface area contributed by atoms with Gasteiger partial charge in [0.1, 0.15) is 5.58 Å². The van der Waals surface area contributed by atoms with Crippen LogP contribution in [-0.4, -0.2) is 6.71 Å². The Labute approximate surface area is 233 Å². The number of nitrogens with zero attached hydrogens (tertiary/aromatic N) is 2. The Bertz CT molecular complexity index is 2020. The van der Waals surface area contributed by atoms with Gasteiger partial charge in [-0.1, -0.05) is 84.3 Å².